The number of nitrogens with one attached hydrogen (secondary N) is 2. The molecule has 3 aromatic rings. The number of hydrogen-bond acceptors (Lipinski definition) is 3. The van der Waals surface area contributed by atoms with Crippen LogP contribution in [0, 0.1) is 5.82 Å². The summed E-state index contributed by atoms with van der Waals surface area (Å²) in [4.78, 5) is 18.5. The maximum Gasteiger partial charge on any atom is 0.412 e. The molecule has 3 rings (SSSR count). The van der Waals surface area contributed by atoms with E-state index in [4.69, 9.17) is 27.9 Å². The van der Waals surface area contributed by atoms with E-state index < -0.39 is 11.9 Å². The SMILES string of the molecule is CNC(=O)Oc1cc(Cl)c(F)c2c1[nH]c1ncc(Br)c(Cl)c12. The molecule has 0 unspecified atom stereocenters. The standard InChI is InChI=1S/C13H7BrCl2FN3O2/c1-18-13(21)22-6-2-5(15)10(17)8-7-9(16)4(14)3-19-12(7)20-11(6)8/h2-3H,1H3,(H,18,21)(H,19,20). The van der Waals surface area contributed by atoms with Gasteiger partial charge in [-0.1, -0.05) is 23.2 Å². The summed E-state index contributed by atoms with van der Waals surface area (Å²) in [6.45, 7) is 0. The summed E-state index contributed by atoms with van der Waals surface area (Å²) in [5.74, 6) is -0.597. The zero-order valence-electron chi connectivity index (χ0n) is 10.9. The van der Waals surface area contributed by atoms with Crippen LogP contribution in [0.1, 0.15) is 0 Å². The molecule has 0 spiro atoms. The lowest BCUT2D eigenvalue weighted by Gasteiger charge is -2.06. The van der Waals surface area contributed by atoms with Gasteiger partial charge in [-0.25, -0.2) is 14.2 Å². The fraction of sp³-hybridized carbons (Fsp3) is 0.0769. The monoisotopic (exact) mass is 405 g/mol. The van der Waals surface area contributed by atoms with E-state index in [1.807, 2.05) is 0 Å². The lowest BCUT2D eigenvalue weighted by atomic mass is 10.1. The number of halogens is 4. The third kappa shape index (κ3) is 2.29. The van der Waals surface area contributed by atoms with Crippen molar-refractivity contribution >= 4 is 67.2 Å². The Labute approximate surface area is 141 Å². The number of carbonyl (C=O) groups excluding carboxylic acids is 1. The van der Waals surface area contributed by atoms with Gasteiger partial charge < -0.3 is 15.0 Å². The van der Waals surface area contributed by atoms with Gasteiger partial charge >= 0.3 is 6.09 Å². The minimum absolute atomic E-state index is 0.0749. The molecule has 1 aromatic carbocycles. The molecule has 2 N–H and O–H groups in total. The highest BCUT2D eigenvalue weighted by Gasteiger charge is 2.21. The maximum absolute atomic E-state index is 14.5. The van der Waals surface area contributed by atoms with Crippen LogP contribution in [-0.4, -0.2) is 23.1 Å². The number of hydrogen-bond donors (Lipinski definition) is 2. The summed E-state index contributed by atoms with van der Waals surface area (Å²) in [6.07, 6.45) is 0.779. The first-order valence-electron chi connectivity index (χ1n) is 5.97. The van der Waals surface area contributed by atoms with E-state index in [1.165, 1.54) is 19.3 Å². The molecule has 2 heterocycles. The second kappa shape index (κ2) is 5.57. The highest BCUT2D eigenvalue weighted by Crippen LogP contribution is 2.41. The van der Waals surface area contributed by atoms with Crippen molar-refractivity contribution in [2.24, 2.45) is 0 Å². The van der Waals surface area contributed by atoms with Crippen molar-refractivity contribution in [2.75, 3.05) is 7.05 Å². The number of fused-ring (bicyclic) bond motifs is 3. The number of nitrogens with zero attached hydrogens (tertiary/aromatic N) is 1. The average Bonchev–Trinajstić information content (AvgIpc) is 2.88. The quantitative estimate of drug-likeness (QED) is 0.618. The molecule has 0 radical (unpaired) electrons. The van der Waals surface area contributed by atoms with E-state index in [9.17, 15) is 9.18 Å². The Kier molecular flexibility index (Phi) is 3.88. The molecular weight excluding hydrogens is 400 g/mol. The fourth-order valence-electron chi connectivity index (χ4n) is 2.10. The van der Waals surface area contributed by atoms with Crippen LogP contribution in [0.2, 0.25) is 10.0 Å². The van der Waals surface area contributed by atoms with Crippen LogP contribution in [0.25, 0.3) is 21.9 Å². The van der Waals surface area contributed by atoms with Gasteiger partial charge in [-0.05, 0) is 15.9 Å². The predicted octanol–water partition coefficient (Wildman–Crippen LogP) is 4.64. The van der Waals surface area contributed by atoms with Crippen LogP contribution >= 0.6 is 39.1 Å². The first-order chi connectivity index (χ1) is 10.4. The number of aromatic nitrogens is 2. The lowest BCUT2D eigenvalue weighted by Crippen LogP contribution is -2.22. The minimum Gasteiger partial charge on any atom is -0.408 e. The van der Waals surface area contributed by atoms with Crippen LogP contribution < -0.4 is 10.1 Å². The van der Waals surface area contributed by atoms with Gasteiger partial charge in [0.25, 0.3) is 0 Å². The molecule has 22 heavy (non-hydrogen) atoms. The summed E-state index contributed by atoms with van der Waals surface area (Å²) < 4.78 is 20.1. The van der Waals surface area contributed by atoms with Gasteiger partial charge in [0.15, 0.2) is 11.6 Å². The van der Waals surface area contributed by atoms with Gasteiger partial charge in [-0.3, -0.25) is 0 Å². The lowest BCUT2D eigenvalue weighted by molar-refractivity contribution is 0.203. The van der Waals surface area contributed by atoms with Gasteiger partial charge in [-0.15, -0.1) is 0 Å². The first-order valence-corrected chi connectivity index (χ1v) is 7.52. The van der Waals surface area contributed by atoms with Crippen molar-refractivity contribution in [1.82, 2.24) is 15.3 Å². The molecule has 0 fully saturated rings. The molecule has 0 saturated heterocycles. The number of pyridine rings is 1. The second-order valence-corrected chi connectivity index (χ2v) is 5.97. The van der Waals surface area contributed by atoms with Crippen molar-refractivity contribution < 1.29 is 13.9 Å². The van der Waals surface area contributed by atoms with Crippen LogP contribution in [0.15, 0.2) is 16.7 Å². The van der Waals surface area contributed by atoms with Crippen molar-refractivity contribution in [3.8, 4) is 5.75 Å². The zero-order chi connectivity index (χ0) is 16.0. The topological polar surface area (TPSA) is 67.0 Å². The molecule has 0 atom stereocenters. The number of rotatable bonds is 1. The van der Waals surface area contributed by atoms with Crippen molar-refractivity contribution in [3.05, 3.63) is 32.6 Å². The van der Waals surface area contributed by atoms with E-state index in [0.29, 0.717) is 15.5 Å². The van der Waals surface area contributed by atoms with Crippen LogP contribution in [0.4, 0.5) is 9.18 Å². The zero-order valence-corrected chi connectivity index (χ0v) is 14.0. The van der Waals surface area contributed by atoms with Crippen LogP contribution in [-0.2, 0) is 0 Å². The van der Waals surface area contributed by atoms with Gasteiger partial charge in [-0.2, -0.15) is 0 Å². The average molecular weight is 407 g/mol. The molecule has 0 aliphatic rings. The van der Waals surface area contributed by atoms with Crippen molar-refractivity contribution in [1.29, 1.82) is 0 Å². The van der Waals surface area contributed by atoms with E-state index in [0.717, 1.165) is 0 Å². The second-order valence-electron chi connectivity index (χ2n) is 4.33. The van der Waals surface area contributed by atoms with Gasteiger partial charge in [0, 0.05) is 24.7 Å². The Hall–Kier alpha value is -1.57. The summed E-state index contributed by atoms with van der Waals surface area (Å²) >= 11 is 15.4. The normalized spacial score (nSPS) is 11.1. The fourth-order valence-corrected chi connectivity index (χ4v) is 2.83. The highest BCUT2D eigenvalue weighted by atomic mass is 79.9. The Bertz CT molecular complexity index is 929. The molecule has 2 aromatic heterocycles. The largest absolute Gasteiger partial charge is 0.412 e. The molecule has 114 valence electrons. The van der Waals surface area contributed by atoms with E-state index >= 15 is 0 Å². The molecule has 0 aliphatic carbocycles. The summed E-state index contributed by atoms with van der Waals surface area (Å²) in [6, 6.07) is 1.22. The Morgan fingerprint density at radius 2 is 2.18 bits per heavy atom. The molecule has 5 nitrogen and oxygen atoms in total. The van der Waals surface area contributed by atoms with E-state index in [2.05, 4.69) is 31.2 Å². The van der Waals surface area contributed by atoms with Crippen LogP contribution in [0.3, 0.4) is 0 Å². The predicted molar refractivity (Wildman–Crippen MR) is 86.4 cm³/mol. The van der Waals surface area contributed by atoms with Gasteiger partial charge in [0.1, 0.15) is 5.65 Å². The summed E-state index contributed by atoms with van der Waals surface area (Å²) in [5.41, 5.74) is 0.596. The smallest absolute Gasteiger partial charge is 0.408 e. The number of ether oxygens (including phenoxy) is 1. The molecule has 0 saturated carbocycles. The number of aromatic amines is 1. The van der Waals surface area contributed by atoms with Gasteiger partial charge in [0.05, 0.1) is 25.4 Å². The number of carbonyl (C=O) groups is 1. The minimum atomic E-state index is -0.706. The third-order valence-corrected chi connectivity index (χ3v) is 4.55. The molecular formula is C13H7BrCl2FN3O2. The summed E-state index contributed by atoms with van der Waals surface area (Å²) in [5, 5.41) is 2.86. The molecule has 0 aliphatic heterocycles. The Morgan fingerprint density at radius 3 is 2.86 bits per heavy atom. The molecule has 1 amide bonds. The van der Waals surface area contributed by atoms with E-state index in [1.54, 1.807) is 0 Å². The Morgan fingerprint density at radius 1 is 1.45 bits per heavy atom. The number of benzene rings is 1. The highest BCUT2D eigenvalue weighted by molar-refractivity contribution is 9.10. The molecule has 0 bridgehead atoms. The third-order valence-electron chi connectivity index (χ3n) is 3.06. The van der Waals surface area contributed by atoms with E-state index in [-0.39, 0.29) is 26.7 Å². The first kappa shape index (κ1) is 15.3. The number of amides is 1. The van der Waals surface area contributed by atoms with Crippen LogP contribution in [0.5, 0.6) is 5.75 Å². The van der Waals surface area contributed by atoms with Crippen molar-refractivity contribution in [2.45, 2.75) is 0 Å². The van der Waals surface area contributed by atoms with Crippen molar-refractivity contribution in [3.63, 3.8) is 0 Å². The Balaban J connectivity index is 2.43. The number of H-pyrrole nitrogens is 1. The maximum atomic E-state index is 14.5. The van der Waals surface area contributed by atoms with Gasteiger partial charge in [0.2, 0.25) is 0 Å². The summed E-state index contributed by atoms with van der Waals surface area (Å²) in [7, 11) is 1.41. The molecule has 9 heteroatoms.